The first-order valence-electron chi connectivity index (χ1n) is 6.27. The van der Waals surface area contributed by atoms with E-state index >= 15 is 0 Å². The van der Waals surface area contributed by atoms with E-state index < -0.39 is 5.41 Å². The average molecular weight is 273 g/mol. The van der Waals surface area contributed by atoms with E-state index in [2.05, 4.69) is 9.97 Å². The van der Waals surface area contributed by atoms with E-state index in [9.17, 15) is 9.18 Å². The van der Waals surface area contributed by atoms with Crippen LogP contribution in [-0.4, -0.2) is 15.9 Å². The molecule has 4 nitrogen and oxygen atoms in total. The highest BCUT2D eigenvalue weighted by Crippen LogP contribution is 2.28. The van der Waals surface area contributed by atoms with Crippen molar-refractivity contribution in [2.75, 3.05) is 4.90 Å². The van der Waals surface area contributed by atoms with Crippen LogP contribution in [0.2, 0.25) is 0 Å². The summed E-state index contributed by atoms with van der Waals surface area (Å²) in [6.07, 6.45) is 3.13. The maximum absolute atomic E-state index is 13.1. The molecule has 2 rings (SSSR count). The first kappa shape index (κ1) is 14.1. The van der Waals surface area contributed by atoms with Crippen molar-refractivity contribution in [3.8, 4) is 0 Å². The lowest BCUT2D eigenvalue weighted by Crippen LogP contribution is -2.37. The van der Waals surface area contributed by atoms with Gasteiger partial charge in [-0.15, -0.1) is 0 Å². The molecular weight excluding hydrogens is 257 g/mol. The van der Waals surface area contributed by atoms with Crippen LogP contribution in [0.25, 0.3) is 0 Å². The molecule has 1 aromatic heterocycles. The second-order valence-corrected chi connectivity index (χ2v) is 5.42. The number of nitrogens with zero attached hydrogens (tertiary/aromatic N) is 3. The van der Waals surface area contributed by atoms with Crippen molar-refractivity contribution in [1.82, 2.24) is 9.97 Å². The van der Waals surface area contributed by atoms with Crippen molar-refractivity contribution in [3.05, 3.63) is 48.5 Å². The van der Waals surface area contributed by atoms with Crippen LogP contribution in [0.5, 0.6) is 0 Å². The molecule has 5 heteroatoms. The van der Waals surface area contributed by atoms with Crippen molar-refractivity contribution in [2.24, 2.45) is 5.41 Å². The summed E-state index contributed by atoms with van der Waals surface area (Å²) in [6.45, 7) is 5.44. The Kier molecular flexibility index (Phi) is 3.79. The summed E-state index contributed by atoms with van der Waals surface area (Å²) in [5, 5.41) is 0. The molecule has 0 saturated heterocycles. The zero-order chi connectivity index (χ0) is 14.8. The van der Waals surface area contributed by atoms with E-state index in [4.69, 9.17) is 0 Å². The smallest absolute Gasteiger partial charge is 0.239 e. The summed E-state index contributed by atoms with van der Waals surface area (Å²) < 4.78 is 13.1. The van der Waals surface area contributed by atoms with Gasteiger partial charge in [0.1, 0.15) is 5.82 Å². The molecule has 0 atom stereocenters. The minimum absolute atomic E-state index is 0.157. The fraction of sp³-hybridized carbons (Fsp3) is 0.267. The predicted octanol–water partition coefficient (Wildman–Crippen LogP) is 3.33. The van der Waals surface area contributed by atoms with Crippen LogP contribution in [0.4, 0.5) is 16.0 Å². The highest BCUT2D eigenvalue weighted by Gasteiger charge is 2.30. The lowest BCUT2D eigenvalue weighted by molar-refractivity contribution is -0.125. The van der Waals surface area contributed by atoms with E-state index in [1.54, 1.807) is 18.5 Å². The van der Waals surface area contributed by atoms with E-state index in [0.717, 1.165) is 0 Å². The predicted molar refractivity (Wildman–Crippen MR) is 75.0 cm³/mol. The Morgan fingerprint density at radius 3 is 2.15 bits per heavy atom. The Hall–Kier alpha value is -2.30. The molecule has 2 aromatic rings. The number of benzene rings is 1. The highest BCUT2D eigenvalue weighted by atomic mass is 19.1. The molecule has 1 heterocycles. The molecule has 0 spiro atoms. The first-order chi connectivity index (χ1) is 9.39. The molecule has 0 aliphatic carbocycles. The summed E-state index contributed by atoms with van der Waals surface area (Å²) in [5.41, 5.74) is -0.0642. The lowest BCUT2D eigenvalue weighted by atomic mass is 9.94. The maximum Gasteiger partial charge on any atom is 0.239 e. The van der Waals surface area contributed by atoms with Crippen LogP contribution in [0.3, 0.4) is 0 Å². The maximum atomic E-state index is 13.1. The quantitative estimate of drug-likeness (QED) is 0.843. The zero-order valence-corrected chi connectivity index (χ0v) is 11.7. The second kappa shape index (κ2) is 5.36. The number of rotatable bonds is 2. The molecule has 0 unspecified atom stereocenters. The minimum atomic E-state index is -0.604. The number of amides is 1. The van der Waals surface area contributed by atoms with Crippen molar-refractivity contribution >= 4 is 17.5 Å². The summed E-state index contributed by atoms with van der Waals surface area (Å²) >= 11 is 0. The first-order valence-corrected chi connectivity index (χ1v) is 6.27. The second-order valence-electron chi connectivity index (χ2n) is 5.42. The van der Waals surface area contributed by atoms with E-state index in [1.165, 1.54) is 29.2 Å². The van der Waals surface area contributed by atoms with Gasteiger partial charge in [-0.05, 0) is 30.3 Å². The van der Waals surface area contributed by atoms with Crippen LogP contribution in [0, 0.1) is 11.2 Å². The van der Waals surface area contributed by atoms with E-state index in [0.29, 0.717) is 5.69 Å². The number of carbonyl (C=O) groups is 1. The van der Waals surface area contributed by atoms with E-state index in [-0.39, 0.29) is 17.7 Å². The van der Waals surface area contributed by atoms with Crippen LogP contribution in [0.1, 0.15) is 20.8 Å². The van der Waals surface area contributed by atoms with Gasteiger partial charge in [-0.1, -0.05) is 20.8 Å². The fourth-order valence-corrected chi connectivity index (χ4v) is 1.66. The Bertz CT molecular complexity index is 591. The Labute approximate surface area is 117 Å². The number of carbonyl (C=O) groups excluding carboxylic acids is 1. The molecule has 0 aliphatic heterocycles. The van der Waals surface area contributed by atoms with Crippen molar-refractivity contribution in [1.29, 1.82) is 0 Å². The summed E-state index contributed by atoms with van der Waals surface area (Å²) in [6, 6.07) is 7.36. The monoisotopic (exact) mass is 273 g/mol. The van der Waals surface area contributed by atoms with Gasteiger partial charge >= 0.3 is 0 Å². The molecule has 1 amide bonds. The Balaban J connectivity index is 2.50. The van der Waals surface area contributed by atoms with Gasteiger partial charge in [0.05, 0.1) is 5.69 Å². The van der Waals surface area contributed by atoms with Crippen molar-refractivity contribution in [2.45, 2.75) is 20.8 Å². The number of anilines is 2. The minimum Gasteiger partial charge on any atom is -0.273 e. The van der Waals surface area contributed by atoms with Gasteiger partial charge in [-0.2, -0.15) is 0 Å². The zero-order valence-electron chi connectivity index (χ0n) is 11.7. The van der Waals surface area contributed by atoms with Crippen molar-refractivity contribution < 1.29 is 9.18 Å². The Morgan fingerprint density at radius 2 is 1.65 bits per heavy atom. The van der Waals surface area contributed by atoms with Gasteiger partial charge in [0.2, 0.25) is 11.9 Å². The average Bonchev–Trinajstić information content (AvgIpc) is 2.41. The SMILES string of the molecule is CC(C)(C)C(=O)N(c1ccc(F)cc1)c1ncccn1. The van der Waals surface area contributed by atoms with Gasteiger partial charge in [0, 0.05) is 17.8 Å². The molecule has 0 fully saturated rings. The number of hydrogen-bond acceptors (Lipinski definition) is 3. The standard InChI is InChI=1S/C15H16FN3O/c1-15(2,3)13(20)19(14-17-9-4-10-18-14)12-7-5-11(16)6-8-12/h4-10H,1-3H3. The molecular formula is C15H16FN3O. The molecule has 0 N–H and O–H groups in total. The number of hydrogen-bond donors (Lipinski definition) is 0. The summed E-state index contributed by atoms with van der Waals surface area (Å²) in [4.78, 5) is 22.2. The van der Waals surface area contributed by atoms with Crippen LogP contribution in [0.15, 0.2) is 42.7 Å². The van der Waals surface area contributed by atoms with E-state index in [1.807, 2.05) is 20.8 Å². The van der Waals surface area contributed by atoms with Gasteiger partial charge in [0.25, 0.3) is 0 Å². The van der Waals surface area contributed by atoms with Crippen molar-refractivity contribution in [3.63, 3.8) is 0 Å². The topological polar surface area (TPSA) is 46.1 Å². The van der Waals surface area contributed by atoms with Crippen LogP contribution < -0.4 is 4.90 Å². The van der Waals surface area contributed by atoms with Crippen LogP contribution in [-0.2, 0) is 4.79 Å². The highest BCUT2D eigenvalue weighted by molar-refractivity contribution is 6.01. The molecule has 0 radical (unpaired) electrons. The molecule has 0 bridgehead atoms. The molecule has 20 heavy (non-hydrogen) atoms. The Morgan fingerprint density at radius 1 is 1.10 bits per heavy atom. The molecule has 0 saturated carbocycles. The number of aromatic nitrogens is 2. The van der Waals surface area contributed by atoms with Gasteiger partial charge < -0.3 is 0 Å². The van der Waals surface area contributed by atoms with Crippen LogP contribution >= 0.6 is 0 Å². The number of halogens is 1. The van der Waals surface area contributed by atoms with Gasteiger partial charge in [-0.3, -0.25) is 4.79 Å². The normalized spacial score (nSPS) is 11.2. The summed E-state index contributed by atoms with van der Waals surface area (Å²) in [5.74, 6) is -0.236. The van der Waals surface area contributed by atoms with Gasteiger partial charge in [0.15, 0.2) is 0 Å². The molecule has 0 aliphatic rings. The third-order valence-electron chi connectivity index (χ3n) is 2.68. The largest absolute Gasteiger partial charge is 0.273 e. The third kappa shape index (κ3) is 2.99. The summed E-state index contributed by atoms with van der Waals surface area (Å²) in [7, 11) is 0. The fourth-order valence-electron chi connectivity index (χ4n) is 1.66. The molecule has 104 valence electrons. The lowest BCUT2D eigenvalue weighted by Gasteiger charge is -2.27. The van der Waals surface area contributed by atoms with Gasteiger partial charge in [-0.25, -0.2) is 19.3 Å². The third-order valence-corrected chi connectivity index (χ3v) is 2.68. The molecule has 1 aromatic carbocycles.